The summed E-state index contributed by atoms with van der Waals surface area (Å²) < 4.78 is 0. The third-order valence-electron chi connectivity index (χ3n) is 4.77. The third kappa shape index (κ3) is 4.97. The van der Waals surface area contributed by atoms with Crippen LogP contribution < -0.4 is 5.32 Å². The van der Waals surface area contributed by atoms with Crippen molar-refractivity contribution in [3.63, 3.8) is 0 Å². The minimum Gasteiger partial charge on any atom is -0.390 e. The molecule has 2 atom stereocenters. The highest BCUT2D eigenvalue weighted by molar-refractivity contribution is 4.79. The lowest BCUT2D eigenvalue weighted by molar-refractivity contribution is 0.0396. The zero-order chi connectivity index (χ0) is 14.4. The van der Waals surface area contributed by atoms with E-state index >= 15 is 0 Å². The molecule has 0 saturated carbocycles. The van der Waals surface area contributed by atoms with Gasteiger partial charge in [-0.3, -0.25) is 14.7 Å². The lowest BCUT2D eigenvalue weighted by Crippen LogP contribution is -2.53. The predicted octanol–water partition coefficient (Wildman–Crippen LogP) is -0.331. The highest BCUT2D eigenvalue weighted by Gasteiger charge is 2.22. The quantitative estimate of drug-likeness (QED) is 0.699. The van der Waals surface area contributed by atoms with Crippen LogP contribution in [0.1, 0.15) is 20.3 Å². The Hall–Kier alpha value is -0.200. The number of piperazine rings is 2. The second kappa shape index (κ2) is 8.29. The molecule has 0 aromatic rings. The Labute approximate surface area is 123 Å². The molecule has 0 radical (unpaired) electrons. The molecule has 0 aromatic heterocycles. The first-order chi connectivity index (χ1) is 9.69. The fraction of sp³-hybridized carbons (Fsp3) is 1.00. The van der Waals surface area contributed by atoms with Gasteiger partial charge in [0.15, 0.2) is 0 Å². The Morgan fingerprint density at radius 3 is 2.05 bits per heavy atom. The van der Waals surface area contributed by atoms with Crippen LogP contribution in [-0.2, 0) is 0 Å². The normalized spacial score (nSPS) is 26.6. The predicted molar refractivity (Wildman–Crippen MR) is 83.1 cm³/mol. The molecule has 0 amide bonds. The molecule has 2 rings (SSSR count). The summed E-state index contributed by atoms with van der Waals surface area (Å²) in [5, 5.41) is 13.6. The Kier molecular flexibility index (Phi) is 6.71. The maximum Gasteiger partial charge on any atom is 0.0793 e. The topological polar surface area (TPSA) is 42.0 Å². The van der Waals surface area contributed by atoms with Crippen molar-refractivity contribution in [2.45, 2.75) is 32.4 Å². The average Bonchev–Trinajstić information content (AvgIpc) is 2.48. The van der Waals surface area contributed by atoms with Crippen molar-refractivity contribution in [1.82, 2.24) is 20.0 Å². The zero-order valence-corrected chi connectivity index (χ0v) is 13.2. The van der Waals surface area contributed by atoms with Crippen molar-refractivity contribution in [3.8, 4) is 0 Å². The first-order valence-electron chi connectivity index (χ1n) is 8.26. The van der Waals surface area contributed by atoms with E-state index in [1.54, 1.807) is 0 Å². The van der Waals surface area contributed by atoms with Crippen LogP contribution in [0.15, 0.2) is 0 Å². The number of nitrogens with one attached hydrogen (secondary N) is 1. The maximum absolute atomic E-state index is 10.3. The van der Waals surface area contributed by atoms with Crippen LogP contribution in [0.2, 0.25) is 0 Å². The summed E-state index contributed by atoms with van der Waals surface area (Å²) in [5.74, 6) is 0. The van der Waals surface area contributed by atoms with Crippen LogP contribution in [0.4, 0.5) is 0 Å². The number of rotatable bonds is 6. The Balaban J connectivity index is 1.64. The Morgan fingerprint density at radius 1 is 0.950 bits per heavy atom. The average molecular weight is 284 g/mol. The minimum atomic E-state index is -0.205. The van der Waals surface area contributed by atoms with Gasteiger partial charge in [0.05, 0.1) is 6.10 Å². The molecular weight excluding hydrogens is 252 g/mol. The molecular formula is C15H32N4O. The minimum absolute atomic E-state index is 0.205. The molecule has 0 aromatic carbocycles. The number of hydrogen-bond donors (Lipinski definition) is 2. The van der Waals surface area contributed by atoms with Gasteiger partial charge in [0.25, 0.3) is 0 Å². The Bertz CT molecular complexity index is 263. The van der Waals surface area contributed by atoms with Gasteiger partial charge in [0.1, 0.15) is 0 Å². The van der Waals surface area contributed by atoms with Gasteiger partial charge in [-0.05, 0) is 13.3 Å². The molecule has 2 aliphatic heterocycles. The molecule has 2 fully saturated rings. The zero-order valence-electron chi connectivity index (χ0n) is 13.2. The number of aliphatic hydroxyl groups excluding tert-OH is 1. The summed E-state index contributed by atoms with van der Waals surface area (Å²) in [6, 6.07) is 0.697. The molecule has 5 nitrogen and oxygen atoms in total. The van der Waals surface area contributed by atoms with Crippen molar-refractivity contribution in [2.75, 3.05) is 65.4 Å². The van der Waals surface area contributed by atoms with Crippen LogP contribution >= 0.6 is 0 Å². The second-order valence-corrected chi connectivity index (χ2v) is 6.30. The lowest BCUT2D eigenvalue weighted by Gasteiger charge is -2.39. The van der Waals surface area contributed by atoms with E-state index in [1.165, 1.54) is 6.42 Å². The van der Waals surface area contributed by atoms with Crippen LogP contribution in [0.5, 0.6) is 0 Å². The number of nitrogens with zero attached hydrogens (tertiary/aromatic N) is 3. The van der Waals surface area contributed by atoms with Gasteiger partial charge in [0, 0.05) is 71.5 Å². The largest absolute Gasteiger partial charge is 0.390 e. The van der Waals surface area contributed by atoms with Crippen LogP contribution in [0.3, 0.4) is 0 Å². The molecule has 0 aliphatic carbocycles. The summed E-state index contributed by atoms with van der Waals surface area (Å²) in [7, 11) is 0. The SMILES string of the molecule is CCC(C)N1CCN(CC(O)CN2CCNCC2)CC1. The van der Waals surface area contributed by atoms with Gasteiger partial charge >= 0.3 is 0 Å². The molecule has 0 bridgehead atoms. The molecule has 20 heavy (non-hydrogen) atoms. The first kappa shape index (κ1) is 16.2. The van der Waals surface area contributed by atoms with E-state index in [0.717, 1.165) is 65.4 Å². The summed E-state index contributed by atoms with van der Waals surface area (Å²) >= 11 is 0. The van der Waals surface area contributed by atoms with Crippen molar-refractivity contribution in [1.29, 1.82) is 0 Å². The highest BCUT2D eigenvalue weighted by Crippen LogP contribution is 2.09. The van der Waals surface area contributed by atoms with E-state index in [2.05, 4.69) is 33.9 Å². The molecule has 2 N–H and O–H groups in total. The van der Waals surface area contributed by atoms with Gasteiger partial charge < -0.3 is 10.4 Å². The molecule has 2 saturated heterocycles. The van der Waals surface area contributed by atoms with E-state index in [-0.39, 0.29) is 6.10 Å². The Morgan fingerprint density at radius 2 is 1.50 bits per heavy atom. The summed E-state index contributed by atoms with van der Waals surface area (Å²) in [6.45, 7) is 15.0. The van der Waals surface area contributed by atoms with E-state index in [4.69, 9.17) is 0 Å². The van der Waals surface area contributed by atoms with Crippen molar-refractivity contribution in [2.24, 2.45) is 0 Å². The van der Waals surface area contributed by atoms with E-state index in [1.807, 2.05) is 0 Å². The van der Waals surface area contributed by atoms with E-state index in [0.29, 0.717) is 6.04 Å². The van der Waals surface area contributed by atoms with Gasteiger partial charge in [-0.25, -0.2) is 0 Å². The van der Waals surface area contributed by atoms with Gasteiger partial charge in [-0.15, -0.1) is 0 Å². The first-order valence-corrected chi connectivity index (χ1v) is 8.26. The highest BCUT2D eigenvalue weighted by atomic mass is 16.3. The molecule has 2 heterocycles. The van der Waals surface area contributed by atoms with Gasteiger partial charge in [-0.2, -0.15) is 0 Å². The summed E-state index contributed by atoms with van der Waals surface area (Å²) in [5.41, 5.74) is 0. The van der Waals surface area contributed by atoms with Crippen LogP contribution in [0.25, 0.3) is 0 Å². The van der Waals surface area contributed by atoms with E-state index < -0.39 is 0 Å². The van der Waals surface area contributed by atoms with Crippen molar-refractivity contribution >= 4 is 0 Å². The van der Waals surface area contributed by atoms with Crippen LogP contribution in [-0.4, -0.2) is 97.4 Å². The monoisotopic (exact) mass is 284 g/mol. The second-order valence-electron chi connectivity index (χ2n) is 6.30. The molecule has 5 heteroatoms. The summed E-state index contributed by atoms with van der Waals surface area (Å²) in [6.07, 6.45) is 1.02. The smallest absolute Gasteiger partial charge is 0.0793 e. The van der Waals surface area contributed by atoms with Gasteiger partial charge in [0.2, 0.25) is 0 Å². The number of hydrogen-bond acceptors (Lipinski definition) is 5. The van der Waals surface area contributed by atoms with Crippen molar-refractivity contribution < 1.29 is 5.11 Å². The van der Waals surface area contributed by atoms with E-state index in [9.17, 15) is 5.11 Å². The lowest BCUT2D eigenvalue weighted by atomic mass is 10.2. The molecule has 2 unspecified atom stereocenters. The molecule has 118 valence electrons. The van der Waals surface area contributed by atoms with Gasteiger partial charge in [-0.1, -0.05) is 6.92 Å². The molecule has 2 aliphatic rings. The number of β-amino-alcohol motifs (C(OH)–C–C–N with tert-alkyl or cyclic N) is 1. The number of aliphatic hydroxyl groups is 1. The van der Waals surface area contributed by atoms with Crippen LogP contribution in [0, 0.1) is 0 Å². The summed E-state index contributed by atoms with van der Waals surface area (Å²) in [4.78, 5) is 7.36. The third-order valence-corrected chi connectivity index (χ3v) is 4.77. The standard InChI is InChI=1S/C15H32N4O/c1-3-14(2)19-10-8-18(9-11-19)13-15(20)12-17-6-4-16-5-7-17/h14-16,20H,3-13H2,1-2H3. The maximum atomic E-state index is 10.3. The fourth-order valence-corrected chi connectivity index (χ4v) is 3.19. The molecule has 0 spiro atoms. The fourth-order valence-electron chi connectivity index (χ4n) is 3.19. The van der Waals surface area contributed by atoms with Crippen molar-refractivity contribution in [3.05, 3.63) is 0 Å².